The number of carboxylic acid groups (broad SMARTS) is 1. The van der Waals surface area contributed by atoms with Gasteiger partial charge in [0.2, 0.25) is 0 Å². The van der Waals surface area contributed by atoms with Crippen LogP contribution in [0.15, 0.2) is 36.0 Å². The van der Waals surface area contributed by atoms with Gasteiger partial charge in [0, 0.05) is 6.42 Å². The van der Waals surface area contributed by atoms with Crippen molar-refractivity contribution in [2.45, 2.75) is 85.0 Å². The van der Waals surface area contributed by atoms with E-state index in [4.69, 9.17) is 5.11 Å². The summed E-state index contributed by atoms with van der Waals surface area (Å²) in [6.07, 6.45) is 17.6. The van der Waals surface area contributed by atoms with Crippen molar-refractivity contribution in [2.24, 2.45) is 17.8 Å². The van der Waals surface area contributed by atoms with E-state index in [1.165, 1.54) is 43.3 Å². The van der Waals surface area contributed by atoms with Gasteiger partial charge in [-0.25, -0.2) is 0 Å². The molecule has 0 aliphatic heterocycles. The highest BCUT2D eigenvalue weighted by atomic mass is 16.4. The summed E-state index contributed by atoms with van der Waals surface area (Å²) in [4.78, 5) is 10.6. The Hall–Kier alpha value is -1.31. The second kappa shape index (κ2) is 12.1. The van der Waals surface area contributed by atoms with Gasteiger partial charge in [0.25, 0.3) is 0 Å². The second-order valence-corrected chi connectivity index (χ2v) is 7.92. The molecule has 1 N–H and O–H groups in total. The Bertz CT molecular complexity index is 472. The summed E-state index contributed by atoms with van der Waals surface area (Å²) in [5, 5.41) is 8.71. The van der Waals surface area contributed by atoms with E-state index in [9.17, 15) is 4.79 Å². The summed E-state index contributed by atoms with van der Waals surface area (Å²) < 4.78 is 0. The first-order chi connectivity index (χ1) is 11.9. The molecule has 0 radical (unpaired) electrons. The highest BCUT2D eigenvalue weighted by Gasteiger charge is 2.28. The van der Waals surface area contributed by atoms with E-state index in [0.717, 1.165) is 31.6 Å². The Morgan fingerprint density at radius 1 is 1.40 bits per heavy atom. The van der Waals surface area contributed by atoms with Crippen LogP contribution in [0.4, 0.5) is 0 Å². The second-order valence-electron chi connectivity index (χ2n) is 7.92. The van der Waals surface area contributed by atoms with E-state index >= 15 is 0 Å². The summed E-state index contributed by atoms with van der Waals surface area (Å²) in [6, 6.07) is 0. The molecule has 1 aliphatic carbocycles. The predicted molar refractivity (Wildman–Crippen MR) is 108 cm³/mol. The fraction of sp³-hybridized carbons (Fsp3) is 0.696. The number of hydrogen-bond donors (Lipinski definition) is 1. The molecule has 1 fully saturated rings. The molecule has 0 aromatic rings. The molecule has 1 saturated carbocycles. The van der Waals surface area contributed by atoms with Crippen LogP contribution >= 0.6 is 0 Å². The van der Waals surface area contributed by atoms with E-state index in [2.05, 4.69) is 45.6 Å². The summed E-state index contributed by atoms with van der Waals surface area (Å²) >= 11 is 0. The summed E-state index contributed by atoms with van der Waals surface area (Å²) in [5.41, 5.74) is 2.78. The minimum Gasteiger partial charge on any atom is -0.481 e. The molecule has 0 amide bonds. The Balaban J connectivity index is 2.45. The van der Waals surface area contributed by atoms with Crippen LogP contribution < -0.4 is 0 Å². The van der Waals surface area contributed by atoms with Gasteiger partial charge in [-0.2, -0.15) is 0 Å². The Labute approximate surface area is 155 Å². The molecular weight excluding hydrogens is 308 g/mol. The van der Waals surface area contributed by atoms with Crippen LogP contribution in [-0.4, -0.2) is 11.1 Å². The first-order valence-electron chi connectivity index (χ1n) is 10.2. The van der Waals surface area contributed by atoms with E-state index in [-0.39, 0.29) is 6.42 Å². The predicted octanol–water partition coefficient (Wildman–Crippen LogP) is 6.93. The van der Waals surface area contributed by atoms with Crippen LogP contribution in [0.1, 0.15) is 85.0 Å². The molecule has 1 unspecified atom stereocenters. The van der Waals surface area contributed by atoms with Crippen molar-refractivity contribution in [3.8, 4) is 0 Å². The molecule has 0 bridgehead atoms. The van der Waals surface area contributed by atoms with Gasteiger partial charge >= 0.3 is 5.97 Å². The Morgan fingerprint density at radius 2 is 2.16 bits per heavy atom. The average Bonchev–Trinajstić information content (AvgIpc) is 2.90. The molecule has 1 aliphatic rings. The lowest BCUT2D eigenvalue weighted by Crippen LogP contribution is -2.07. The van der Waals surface area contributed by atoms with Crippen molar-refractivity contribution in [3.05, 3.63) is 36.0 Å². The van der Waals surface area contributed by atoms with Crippen molar-refractivity contribution >= 4 is 5.97 Å². The third-order valence-corrected chi connectivity index (χ3v) is 5.44. The molecule has 142 valence electrons. The standard InChI is InChI=1S/C23H38O2/c1-5-6-10-18(2)12-9-13-21-16-15-20(4)22(21)17-19(3)11-7-8-14-23(24)25/h9,11,13,18,21-22H,4-8,10,12,14-17H2,1-3H3,(H,24,25)/t18?,21-,22-/m0/s1. The number of carbonyl (C=O) groups is 1. The highest BCUT2D eigenvalue weighted by molar-refractivity contribution is 5.66. The van der Waals surface area contributed by atoms with Crippen molar-refractivity contribution in [1.29, 1.82) is 0 Å². The Kier molecular flexibility index (Phi) is 10.5. The summed E-state index contributed by atoms with van der Waals surface area (Å²) in [6.45, 7) is 11.1. The van der Waals surface area contributed by atoms with Crippen LogP contribution in [0.3, 0.4) is 0 Å². The van der Waals surface area contributed by atoms with Gasteiger partial charge in [-0.05, 0) is 63.2 Å². The lowest BCUT2D eigenvalue weighted by atomic mass is 9.87. The molecule has 0 saturated heterocycles. The van der Waals surface area contributed by atoms with Crippen LogP contribution in [0.5, 0.6) is 0 Å². The van der Waals surface area contributed by atoms with Gasteiger partial charge < -0.3 is 5.11 Å². The first-order valence-corrected chi connectivity index (χ1v) is 10.2. The van der Waals surface area contributed by atoms with Crippen LogP contribution in [0, 0.1) is 17.8 Å². The van der Waals surface area contributed by atoms with Crippen molar-refractivity contribution in [2.75, 3.05) is 0 Å². The van der Waals surface area contributed by atoms with Gasteiger partial charge in [-0.1, -0.05) is 69.1 Å². The average molecular weight is 347 g/mol. The maximum absolute atomic E-state index is 10.6. The molecular formula is C23H38O2. The third-order valence-electron chi connectivity index (χ3n) is 5.44. The van der Waals surface area contributed by atoms with E-state index < -0.39 is 5.97 Å². The molecule has 25 heavy (non-hydrogen) atoms. The number of unbranched alkanes of at least 4 members (excludes halogenated alkanes) is 2. The van der Waals surface area contributed by atoms with Crippen LogP contribution in [0.25, 0.3) is 0 Å². The molecule has 3 atom stereocenters. The molecule has 1 rings (SSSR count). The number of aliphatic carboxylic acids is 1. The van der Waals surface area contributed by atoms with Gasteiger partial charge in [0.15, 0.2) is 0 Å². The van der Waals surface area contributed by atoms with Gasteiger partial charge in [-0.3, -0.25) is 4.79 Å². The van der Waals surface area contributed by atoms with Crippen LogP contribution in [-0.2, 0) is 4.79 Å². The minimum absolute atomic E-state index is 0.265. The fourth-order valence-electron chi connectivity index (χ4n) is 3.76. The molecule has 2 nitrogen and oxygen atoms in total. The Morgan fingerprint density at radius 3 is 2.84 bits per heavy atom. The third kappa shape index (κ3) is 9.09. The maximum Gasteiger partial charge on any atom is 0.303 e. The minimum atomic E-state index is -0.700. The highest BCUT2D eigenvalue weighted by Crippen LogP contribution is 2.40. The monoisotopic (exact) mass is 346 g/mol. The summed E-state index contributed by atoms with van der Waals surface area (Å²) in [5.74, 6) is 1.29. The number of hydrogen-bond acceptors (Lipinski definition) is 1. The lowest BCUT2D eigenvalue weighted by Gasteiger charge is -2.18. The van der Waals surface area contributed by atoms with Gasteiger partial charge in [-0.15, -0.1) is 0 Å². The zero-order chi connectivity index (χ0) is 18.7. The van der Waals surface area contributed by atoms with E-state index in [0.29, 0.717) is 11.8 Å². The smallest absolute Gasteiger partial charge is 0.303 e. The van der Waals surface area contributed by atoms with E-state index in [1.54, 1.807) is 0 Å². The first kappa shape index (κ1) is 21.7. The van der Waals surface area contributed by atoms with Crippen LogP contribution in [0.2, 0.25) is 0 Å². The van der Waals surface area contributed by atoms with E-state index in [1.807, 2.05) is 0 Å². The maximum atomic E-state index is 10.6. The largest absolute Gasteiger partial charge is 0.481 e. The molecule has 2 heteroatoms. The zero-order valence-electron chi connectivity index (χ0n) is 16.6. The van der Waals surface area contributed by atoms with Crippen molar-refractivity contribution in [1.82, 2.24) is 0 Å². The summed E-state index contributed by atoms with van der Waals surface area (Å²) in [7, 11) is 0. The molecule has 0 aromatic carbocycles. The van der Waals surface area contributed by atoms with Crippen molar-refractivity contribution in [3.63, 3.8) is 0 Å². The number of carboxylic acids is 1. The van der Waals surface area contributed by atoms with Crippen molar-refractivity contribution < 1.29 is 9.90 Å². The van der Waals surface area contributed by atoms with Gasteiger partial charge in [0.1, 0.15) is 0 Å². The molecule has 0 heterocycles. The SMILES string of the molecule is C=C1CC[C@H](C=CCC(C)CCCC)[C@H]1CC(C)=CCCCC(=O)O. The topological polar surface area (TPSA) is 37.3 Å². The number of rotatable bonds is 12. The molecule has 0 spiro atoms. The lowest BCUT2D eigenvalue weighted by molar-refractivity contribution is -0.137. The zero-order valence-corrected chi connectivity index (χ0v) is 16.6. The van der Waals surface area contributed by atoms with Gasteiger partial charge in [0.05, 0.1) is 0 Å². The fourth-order valence-corrected chi connectivity index (χ4v) is 3.76. The normalized spacial score (nSPS) is 22.7. The quantitative estimate of drug-likeness (QED) is 0.307. The number of allylic oxidation sites excluding steroid dienone is 5. The molecule has 0 aromatic heterocycles.